The second-order valence-electron chi connectivity index (χ2n) is 4.12. The highest BCUT2D eigenvalue weighted by Crippen LogP contribution is 2.24. The summed E-state index contributed by atoms with van der Waals surface area (Å²) in [6.45, 7) is 1.94. The van der Waals surface area contributed by atoms with Crippen LogP contribution in [-0.4, -0.2) is 5.78 Å². The summed E-state index contributed by atoms with van der Waals surface area (Å²) in [5, 5.41) is 0.416. The van der Waals surface area contributed by atoms with E-state index >= 15 is 0 Å². The monoisotopic (exact) mass is 338 g/mol. The van der Waals surface area contributed by atoms with Crippen LogP contribution >= 0.6 is 27.5 Å². The first-order valence-corrected chi connectivity index (χ1v) is 6.91. The van der Waals surface area contributed by atoms with E-state index in [2.05, 4.69) is 15.9 Å². The minimum absolute atomic E-state index is 0.0523. The highest BCUT2D eigenvalue weighted by atomic mass is 79.9. The van der Waals surface area contributed by atoms with Crippen molar-refractivity contribution in [1.29, 1.82) is 0 Å². The van der Waals surface area contributed by atoms with E-state index in [1.54, 1.807) is 18.2 Å². The second-order valence-corrected chi connectivity index (χ2v) is 5.44. The van der Waals surface area contributed by atoms with Gasteiger partial charge in [0, 0.05) is 10.0 Å². The normalized spacial score (nSPS) is 10.3. The number of Topliss-reactive ketones (excluding diaryl/α,β-unsaturated/α-hetero) is 1. The summed E-state index contributed by atoms with van der Waals surface area (Å²) in [7, 11) is 0. The molecule has 0 N–H and O–H groups in total. The van der Waals surface area contributed by atoms with Gasteiger partial charge >= 0.3 is 0 Å². The van der Waals surface area contributed by atoms with Crippen LogP contribution in [0.4, 0.5) is 0 Å². The quantitative estimate of drug-likeness (QED) is 0.742. The van der Waals surface area contributed by atoms with Crippen molar-refractivity contribution >= 4 is 33.3 Å². The Kier molecular flexibility index (Phi) is 4.61. The molecule has 4 heteroatoms. The van der Waals surface area contributed by atoms with E-state index in [9.17, 15) is 4.79 Å². The number of halogens is 2. The fourth-order valence-corrected chi connectivity index (χ4v) is 2.41. The average molecular weight is 340 g/mol. The first-order valence-electron chi connectivity index (χ1n) is 5.74. The summed E-state index contributed by atoms with van der Waals surface area (Å²) in [6, 6.07) is 13.0. The summed E-state index contributed by atoms with van der Waals surface area (Å²) in [6.07, 6.45) is 0. The van der Waals surface area contributed by atoms with Crippen LogP contribution in [0.25, 0.3) is 0 Å². The summed E-state index contributed by atoms with van der Waals surface area (Å²) >= 11 is 9.43. The Balaban J connectivity index is 2.08. The fourth-order valence-electron chi connectivity index (χ4n) is 1.66. The Morgan fingerprint density at radius 3 is 2.68 bits per heavy atom. The van der Waals surface area contributed by atoms with Crippen LogP contribution < -0.4 is 4.74 Å². The van der Waals surface area contributed by atoms with Crippen LogP contribution in [0.3, 0.4) is 0 Å². The molecule has 0 fully saturated rings. The van der Waals surface area contributed by atoms with Crippen molar-refractivity contribution in [2.45, 2.75) is 13.5 Å². The highest BCUT2D eigenvalue weighted by molar-refractivity contribution is 9.10. The van der Waals surface area contributed by atoms with E-state index < -0.39 is 0 Å². The molecule has 2 nitrogen and oxygen atoms in total. The first kappa shape index (κ1) is 14.1. The molecule has 2 rings (SSSR count). The first-order chi connectivity index (χ1) is 9.06. The predicted octanol–water partition coefficient (Wildman–Crippen LogP) is 4.88. The van der Waals surface area contributed by atoms with Crippen LogP contribution in [0.2, 0.25) is 5.02 Å². The molecule has 0 atom stereocenters. The van der Waals surface area contributed by atoms with Crippen molar-refractivity contribution in [3.05, 3.63) is 63.1 Å². The van der Waals surface area contributed by atoms with Gasteiger partial charge in [-0.05, 0) is 42.8 Å². The van der Waals surface area contributed by atoms with Crippen LogP contribution in [0.5, 0.6) is 5.75 Å². The van der Waals surface area contributed by atoms with Crippen LogP contribution in [0, 0.1) is 0 Å². The SMILES string of the molecule is CC(=O)c1ccc(OCc2cccc(Br)c2)cc1Cl. The van der Waals surface area contributed by atoms with E-state index in [1.165, 1.54) is 6.92 Å². The molecule has 0 bridgehead atoms. The summed E-state index contributed by atoms with van der Waals surface area (Å²) in [5.41, 5.74) is 1.57. The molecule has 0 spiro atoms. The maximum atomic E-state index is 11.3. The van der Waals surface area contributed by atoms with Gasteiger partial charge in [0.25, 0.3) is 0 Å². The molecular formula is C15H12BrClO2. The zero-order valence-electron chi connectivity index (χ0n) is 10.3. The van der Waals surface area contributed by atoms with Gasteiger partial charge in [-0.1, -0.05) is 39.7 Å². The molecule has 0 radical (unpaired) electrons. The molecule has 98 valence electrons. The molecule has 0 aliphatic carbocycles. The number of hydrogen-bond donors (Lipinski definition) is 0. The number of carbonyl (C=O) groups excluding carboxylic acids is 1. The third-order valence-corrected chi connectivity index (χ3v) is 3.42. The van der Waals surface area contributed by atoms with Crippen molar-refractivity contribution in [2.24, 2.45) is 0 Å². The number of carbonyl (C=O) groups is 1. The van der Waals surface area contributed by atoms with E-state index in [4.69, 9.17) is 16.3 Å². The van der Waals surface area contributed by atoms with Crippen LogP contribution in [-0.2, 0) is 6.61 Å². The minimum atomic E-state index is -0.0523. The Morgan fingerprint density at radius 2 is 2.05 bits per heavy atom. The van der Waals surface area contributed by atoms with Gasteiger partial charge in [0.1, 0.15) is 12.4 Å². The molecule has 0 aliphatic rings. The largest absolute Gasteiger partial charge is 0.489 e. The lowest BCUT2D eigenvalue weighted by Gasteiger charge is -2.08. The highest BCUT2D eigenvalue weighted by Gasteiger charge is 2.06. The zero-order chi connectivity index (χ0) is 13.8. The smallest absolute Gasteiger partial charge is 0.161 e. The molecule has 0 heterocycles. The van der Waals surface area contributed by atoms with Crippen molar-refractivity contribution in [1.82, 2.24) is 0 Å². The van der Waals surface area contributed by atoms with Crippen molar-refractivity contribution in [3.8, 4) is 5.75 Å². The summed E-state index contributed by atoms with van der Waals surface area (Å²) in [5.74, 6) is 0.596. The summed E-state index contributed by atoms with van der Waals surface area (Å²) < 4.78 is 6.66. The van der Waals surface area contributed by atoms with Gasteiger partial charge in [-0.2, -0.15) is 0 Å². The lowest BCUT2D eigenvalue weighted by molar-refractivity contribution is 0.101. The lowest BCUT2D eigenvalue weighted by atomic mass is 10.1. The molecule has 2 aromatic carbocycles. The Bertz CT molecular complexity index is 611. The molecule has 0 aromatic heterocycles. The second kappa shape index (κ2) is 6.22. The van der Waals surface area contributed by atoms with Crippen LogP contribution in [0.1, 0.15) is 22.8 Å². The molecule has 0 aliphatic heterocycles. The zero-order valence-corrected chi connectivity index (χ0v) is 12.7. The Hall–Kier alpha value is -1.32. The molecule has 0 amide bonds. The number of ketones is 1. The maximum absolute atomic E-state index is 11.3. The van der Waals surface area contributed by atoms with E-state index in [-0.39, 0.29) is 5.78 Å². The van der Waals surface area contributed by atoms with E-state index in [0.29, 0.717) is 22.9 Å². The molecular weight excluding hydrogens is 328 g/mol. The van der Waals surface area contributed by atoms with Crippen molar-refractivity contribution < 1.29 is 9.53 Å². The minimum Gasteiger partial charge on any atom is -0.489 e. The van der Waals surface area contributed by atoms with Gasteiger partial charge in [-0.15, -0.1) is 0 Å². The van der Waals surface area contributed by atoms with Gasteiger partial charge in [-0.3, -0.25) is 4.79 Å². The van der Waals surface area contributed by atoms with Gasteiger partial charge in [-0.25, -0.2) is 0 Å². The number of benzene rings is 2. The van der Waals surface area contributed by atoms with Gasteiger partial charge < -0.3 is 4.74 Å². The van der Waals surface area contributed by atoms with Crippen molar-refractivity contribution in [3.63, 3.8) is 0 Å². The molecule has 0 saturated heterocycles. The van der Waals surface area contributed by atoms with Gasteiger partial charge in [0.15, 0.2) is 5.78 Å². The molecule has 0 unspecified atom stereocenters. The molecule has 2 aromatic rings. The topological polar surface area (TPSA) is 26.3 Å². The summed E-state index contributed by atoms with van der Waals surface area (Å²) in [4.78, 5) is 11.3. The number of ether oxygens (including phenoxy) is 1. The van der Waals surface area contributed by atoms with Gasteiger partial charge in [0.05, 0.1) is 5.02 Å². The molecule has 0 saturated carbocycles. The van der Waals surface area contributed by atoms with Crippen molar-refractivity contribution in [2.75, 3.05) is 0 Å². The number of rotatable bonds is 4. The standard InChI is InChI=1S/C15H12BrClO2/c1-10(18)14-6-5-13(8-15(14)17)19-9-11-3-2-4-12(16)7-11/h2-8H,9H2,1H3. The van der Waals surface area contributed by atoms with Crippen LogP contribution in [0.15, 0.2) is 46.9 Å². The van der Waals surface area contributed by atoms with E-state index in [1.807, 2.05) is 24.3 Å². The van der Waals surface area contributed by atoms with Gasteiger partial charge in [0.2, 0.25) is 0 Å². The average Bonchev–Trinajstić information content (AvgIpc) is 2.36. The maximum Gasteiger partial charge on any atom is 0.161 e. The lowest BCUT2D eigenvalue weighted by Crippen LogP contribution is -1.97. The van der Waals surface area contributed by atoms with E-state index in [0.717, 1.165) is 10.0 Å². The molecule has 19 heavy (non-hydrogen) atoms. The number of hydrogen-bond acceptors (Lipinski definition) is 2. The third-order valence-electron chi connectivity index (χ3n) is 2.61. The Morgan fingerprint density at radius 1 is 1.26 bits per heavy atom. The fraction of sp³-hybridized carbons (Fsp3) is 0.133. The third kappa shape index (κ3) is 3.82. The Labute approximate surface area is 125 Å². The predicted molar refractivity (Wildman–Crippen MR) is 79.9 cm³/mol.